The van der Waals surface area contributed by atoms with Crippen LogP contribution in [0, 0.1) is 5.82 Å². The van der Waals surface area contributed by atoms with Gasteiger partial charge in [0.25, 0.3) is 0 Å². The summed E-state index contributed by atoms with van der Waals surface area (Å²) in [7, 11) is 1.95. The number of hydrogen-bond donors (Lipinski definition) is 2. The van der Waals surface area contributed by atoms with Gasteiger partial charge in [-0.3, -0.25) is 0 Å². The van der Waals surface area contributed by atoms with Gasteiger partial charge in [0.15, 0.2) is 0 Å². The van der Waals surface area contributed by atoms with Crippen LogP contribution in [0.3, 0.4) is 0 Å². The fourth-order valence-electron chi connectivity index (χ4n) is 2.78. The Labute approximate surface area is 107 Å². The first-order valence-electron chi connectivity index (χ1n) is 6.53. The molecule has 1 aliphatic rings. The molecule has 0 aliphatic heterocycles. The second-order valence-electron chi connectivity index (χ2n) is 5.01. The lowest BCUT2D eigenvalue weighted by molar-refractivity contribution is 0.106. The van der Waals surface area contributed by atoms with Gasteiger partial charge in [0.1, 0.15) is 5.82 Å². The quantitative estimate of drug-likeness (QED) is 0.865. The fourth-order valence-corrected chi connectivity index (χ4v) is 2.78. The van der Waals surface area contributed by atoms with Gasteiger partial charge < -0.3 is 15.7 Å². The van der Waals surface area contributed by atoms with Crippen LogP contribution < -0.4 is 10.6 Å². The maximum Gasteiger partial charge on any atom is 0.123 e. The molecular formula is C14H21FN2O. The lowest BCUT2D eigenvalue weighted by Crippen LogP contribution is -2.43. The zero-order chi connectivity index (χ0) is 13.1. The first-order chi connectivity index (χ1) is 8.63. The highest BCUT2D eigenvalue weighted by Crippen LogP contribution is 2.29. The minimum atomic E-state index is -0.306. The summed E-state index contributed by atoms with van der Waals surface area (Å²) in [5, 5.41) is 10.1. The number of hydrogen-bond acceptors (Lipinski definition) is 3. The summed E-state index contributed by atoms with van der Waals surface area (Å²) in [5.41, 5.74) is 7.37. The molecule has 0 bridgehead atoms. The molecule has 0 heterocycles. The van der Waals surface area contributed by atoms with Crippen molar-refractivity contribution in [2.75, 3.05) is 11.9 Å². The van der Waals surface area contributed by atoms with Crippen LogP contribution in [0.1, 0.15) is 31.2 Å². The Morgan fingerprint density at radius 3 is 2.78 bits per heavy atom. The van der Waals surface area contributed by atoms with Crippen molar-refractivity contribution in [3.63, 3.8) is 0 Å². The molecule has 100 valence electrons. The van der Waals surface area contributed by atoms with E-state index >= 15 is 0 Å². The average molecular weight is 252 g/mol. The Kier molecular flexibility index (Phi) is 4.19. The lowest BCUT2D eigenvalue weighted by atomic mass is 9.91. The molecule has 3 N–H and O–H groups in total. The van der Waals surface area contributed by atoms with Crippen molar-refractivity contribution < 1.29 is 9.50 Å². The molecule has 18 heavy (non-hydrogen) atoms. The number of anilines is 1. The molecule has 1 aliphatic carbocycles. The number of likely N-dealkylation sites (N-methyl/N-ethyl adjacent to an activating group) is 1. The number of nitrogens with two attached hydrogens (primary N) is 1. The summed E-state index contributed by atoms with van der Waals surface area (Å²) in [6.07, 6.45) is 3.72. The van der Waals surface area contributed by atoms with Crippen molar-refractivity contribution >= 4 is 5.69 Å². The molecule has 0 saturated heterocycles. The van der Waals surface area contributed by atoms with Gasteiger partial charge in [0.2, 0.25) is 0 Å². The van der Waals surface area contributed by atoms with Crippen molar-refractivity contribution in [2.24, 2.45) is 5.73 Å². The van der Waals surface area contributed by atoms with Crippen LogP contribution in [0.15, 0.2) is 18.2 Å². The Morgan fingerprint density at radius 2 is 2.11 bits per heavy atom. The van der Waals surface area contributed by atoms with E-state index in [0.717, 1.165) is 36.9 Å². The van der Waals surface area contributed by atoms with Crippen LogP contribution in [0.4, 0.5) is 10.1 Å². The summed E-state index contributed by atoms with van der Waals surface area (Å²) < 4.78 is 13.2. The molecule has 4 heteroatoms. The number of aliphatic hydroxyl groups excluding tert-OH is 1. The van der Waals surface area contributed by atoms with Gasteiger partial charge in [-0.1, -0.05) is 12.8 Å². The molecule has 2 unspecified atom stereocenters. The van der Waals surface area contributed by atoms with Gasteiger partial charge in [0, 0.05) is 19.3 Å². The van der Waals surface area contributed by atoms with Gasteiger partial charge >= 0.3 is 0 Å². The Hall–Kier alpha value is -1.13. The van der Waals surface area contributed by atoms with E-state index < -0.39 is 0 Å². The normalized spacial score (nSPS) is 24.0. The molecule has 0 radical (unpaired) electrons. The SMILES string of the molecule is CN(c1ccc(F)cc1CN)C1CCCCC1O. The van der Waals surface area contributed by atoms with Gasteiger partial charge in [-0.2, -0.15) is 0 Å². The first-order valence-corrected chi connectivity index (χ1v) is 6.53. The zero-order valence-corrected chi connectivity index (χ0v) is 10.8. The van der Waals surface area contributed by atoms with E-state index in [0.29, 0.717) is 6.54 Å². The van der Waals surface area contributed by atoms with Crippen LogP contribution in [0.5, 0.6) is 0 Å². The predicted octanol–water partition coefficient (Wildman–Crippen LogP) is 2.02. The highest BCUT2D eigenvalue weighted by Gasteiger charge is 2.27. The average Bonchev–Trinajstić information content (AvgIpc) is 2.38. The van der Waals surface area contributed by atoms with E-state index in [4.69, 9.17) is 5.73 Å². The van der Waals surface area contributed by atoms with E-state index in [9.17, 15) is 9.50 Å². The van der Waals surface area contributed by atoms with Crippen LogP contribution in [-0.4, -0.2) is 24.3 Å². The zero-order valence-electron chi connectivity index (χ0n) is 10.8. The Balaban J connectivity index is 2.24. The van der Waals surface area contributed by atoms with Gasteiger partial charge in [-0.05, 0) is 36.6 Å². The van der Waals surface area contributed by atoms with Gasteiger partial charge in [-0.15, -0.1) is 0 Å². The third-order valence-corrected chi connectivity index (χ3v) is 3.83. The maximum absolute atomic E-state index is 13.2. The molecule has 0 amide bonds. The topological polar surface area (TPSA) is 49.5 Å². The molecule has 2 rings (SSSR count). The molecule has 3 nitrogen and oxygen atoms in total. The van der Waals surface area contributed by atoms with E-state index in [1.54, 1.807) is 6.07 Å². The second-order valence-corrected chi connectivity index (χ2v) is 5.01. The van der Waals surface area contributed by atoms with Gasteiger partial charge in [-0.25, -0.2) is 4.39 Å². The number of nitrogens with zero attached hydrogens (tertiary/aromatic N) is 1. The molecule has 1 aromatic carbocycles. The van der Waals surface area contributed by atoms with Crippen molar-refractivity contribution in [3.8, 4) is 0 Å². The standard InChI is InChI=1S/C14H21FN2O/c1-17(13-4-2-3-5-14(13)18)12-7-6-11(15)8-10(12)9-16/h6-8,13-14,18H,2-5,9,16H2,1H3. The summed E-state index contributed by atoms with van der Waals surface area (Å²) >= 11 is 0. The van der Waals surface area contributed by atoms with Crippen molar-refractivity contribution in [1.82, 2.24) is 0 Å². The van der Waals surface area contributed by atoms with Crippen molar-refractivity contribution in [1.29, 1.82) is 0 Å². The summed E-state index contributed by atoms with van der Waals surface area (Å²) in [4.78, 5) is 2.05. The van der Waals surface area contributed by atoms with E-state index in [-0.39, 0.29) is 18.0 Å². The van der Waals surface area contributed by atoms with Gasteiger partial charge in [0.05, 0.1) is 12.1 Å². The third kappa shape index (κ3) is 2.65. The summed E-state index contributed by atoms with van der Waals surface area (Å²) in [6, 6.07) is 4.77. The van der Waals surface area contributed by atoms with Crippen LogP contribution in [0.25, 0.3) is 0 Å². The molecule has 1 saturated carbocycles. The minimum Gasteiger partial charge on any atom is -0.391 e. The van der Waals surface area contributed by atoms with Crippen LogP contribution in [-0.2, 0) is 6.54 Å². The first kappa shape index (κ1) is 13.3. The van der Waals surface area contributed by atoms with Crippen LogP contribution >= 0.6 is 0 Å². The van der Waals surface area contributed by atoms with Crippen molar-refractivity contribution in [3.05, 3.63) is 29.6 Å². The number of aliphatic hydroxyl groups is 1. The number of halogens is 1. The summed E-state index contributed by atoms with van der Waals surface area (Å²) in [6.45, 7) is 0.306. The van der Waals surface area contributed by atoms with Crippen molar-refractivity contribution in [2.45, 2.75) is 44.4 Å². The molecule has 0 aromatic heterocycles. The predicted molar refractivity (Wildman–Crippen MR) is 71.0 cm³/mol. The third-order valence-electron chi connectivity index (χ3n) is 3.83. The van der Waals surface area contributed by atoms with E-state index in [2.05, 4.69) is 0 Å². The molecule has 1 aromatic rings. The number of benzene rings is 1. The number of rotatable bonds is 3. The van der Waals surface area contributed by atoms with E-state index in [1.807, 2.05) is 11.9 Å². The Morgan fingerprint density at radius 1 is 1.39 bits per heavy atom. The maximum atomic E-state index is 13.2. The minimum absolute atomic E-state index is 0.106. The molecule has 0 spiro atoms. The molecule has 1 fully saturated rings. The second kappa shape index (κ2) is 5.67. The lowest BCUT2D eigenvalue weighted by Gasteiger charge is -2.37. The fraction of sp³-hybridized carbons (Fsp3) is 0.571. The molecule has 2 atom stereocenters. The highest BCUT2D eigenvalue weighted by molar-refractivity contribution is 5.54. The van der Waals surface area contributed by atoms with E-state index in [1.165, 1.54) is 12.1 Å². The highest BCUT2D eigenvalue weighted by atomic mass is 19.1. The summed E-state index contributed by atoms with van der Waals surface area (Å²) in [5.74, 6) is -0.267. The smallest absolute Gasteiger partial charge is 0.123 e. The largest absolute Gasteiger partial charge is 0.391 e. The molecular weight excluding hydrogens is 231 g/mol. The monoisotopic (exact) mass is 252 g/mol. The van der Waals surface area contributed by atoms with Crippen LogP contribution in [0.2, 0.25) is 0 Å². The Bertz CT molecular complexity index is 411.